The van der Waals surface area contributed by atoms with Gasteiger partial charge >= 0.3 is 24.7 Å². The monoisotopic (exact) mass is 822 g/mol. The van der Waals surface area contributed by atoms with Crippen LogP contribution >= 0.6 is 11.8 Å². The molecule has 1 atom stereocenters. The molecule has 0 bridgehead atoms. The maximum Gasteiger partial charge on any atom is 0.573 e. The Hall–Kier alpha value is -5.34. The van der Waals surface area contributed by atoms with Crippen LogP contribution in [0.15, 0.2) is 78.0 Å². The van der Waals surface area contributed by atoms with Crippen molar-refractivity contribution in [2.75, 3.05) is 23.8 Å². The molecule has 0 spiro atoms. The van der Waals surface area contributed by atoms with Crippen LogP contribution in [0.5, 0.6) is 11.5 Å². The number of aliphatic imine (C=N–C) groups is 1. The molecule has 0 radical (unpaired) electrons. The van der Waals surface area contributed by atoms with Crippen LogP contribution in [0.2, 0.25) is 0 Å². The number of ether oxygens (including phenoxy) is 2. The fourth-order valence-corrected chi connectivity index (χ4v) is 5.73. The first-order chi connectivity index (χ1) is 26.2. The normalized spacial score (nSPS) is 13.0. The molecule has 4 aromatic rings. The average molecular weight is 823 g/mol. The fourth-order valence-electron chi connectivity index (χ4n) is 4.74. The van der Waals surface area contributed by atoms with Crippen molar-refractivity contribution in [2.24, 2.45) is 4.99 Å². The van der Waals surface area contributed by atoms with Gasteiger partial charge in [-0.3, -0.25) is 9.69 Å². The zero-order valence-corrected chi connectivity index (χ0v) is 30.1. The summed E-state index contributed by atoms with van der Waals surface area (Å²) in [7, 11) is 0. The first-order valence-corrected chi connectivity index (χ1v) is 17.4. The molecule has 0 aliphatic rings. The minimum Gasteiger partial charge on any atom is -0.482 e. The number of halogens is 10. The molecule has 1 aromatic heterocycles. The molecule has 56 heavy (non-hydrogen) atoms. The van der Waals surface area contributed by atoms with Gasteiger partial charge in [0.2, 0.25) is 5.91 Å². The number of urea groups is 1. The predicted molar refractivity (Wildman–Crippen MR) is 186 cm³/mol. The summed E-state index contributed by atoms with van der Waals surface area (Å²) in [5.41, 5.74) is 1.00. The summed E-state index contributed by atoms with van der Waals surface area (Å²) < 4.78 is 141. The second-order valence-electron chi connectivity index (χ2n) is 11.8. The lowest BCUT2D eigenvalue weighted by Crippen LogP contribution is -2.38. The van der Waals surface area contributed by atoms with Gasteiger partial charge in [0.1, 0.15) is 24.0 Å². The molecule has 3 amide bonds. The van der Waals surface area contributed by atoms with Gasteiger partial charge in [0, 0.05) is 17.7 Å². The van der Waals surface area contributed by atoms with Crippen molar-refractivity contribution in [1.29, 1.82) is 0 Å². The van der Waals surface area contributed by atoms with Crippen molar-refractivity contribution >= 4 is 34.6 Å². The van der Waals surface area contributed by atoms with E-state index in [1.54, 1.807) is 13.8 Å². The molecule has 1 N–H and O–H groups in total. The summed E-state index contributed by atoms with van der Waals surface area (Å²) in [6, 6.07) is 13.0. The van der Waals surface area contributed by atoms with Crippen LogP contribution in [0, 0.1) is 6.92 Å². The van der Waals surface area contributed by atoms with Gasteiger partial charge in [-0.2, -0.15) is 31.3 Å². The lowest BCUT2D eigenvalue weighted by molar-refractivity contribution is -0.274. The Kier molecular flexibility index (Phi) is 14.4. The number of alkyl halides is 10. The SMILES string of the molecule is CCCC(=O)N(/C(=N/C(=O)NCC(F)c1ccc(-c2ncn(-c3ccc(OC(F)(F)F)cc3)n2)cc1)SCCC(F)(F)F)c1cc(C)ccc1OCC(F)(F)F. The first-order valence-electron chi connectivity index (χ1n) is 16.4. The Morgan fingerprint density at radius 2 is 1.62 bits per heavy atom. The number of aryl methyl sites for hydroxylation is 1. The maximum atomic E-state index is 15.3. The third-order valence-corrected chi connectivity index (χ3v) is 8.20. The number of nitrogens with one attached hydrogen (secondary N) is 1. The lowest BCUT2D eigenvalue weighted by Gasteiger charge is -2.26. The number of amides is 3. The number of nitrogens with zero attached hydrogens (tertiary/aromatic N) is 5. The van der Waals surface area contributed by atoms with Crippen LogP contribution < -0.4 is 19.7 Å². The summed E-state index contributed by atoms with van der Waals surface area (Å²) in [5, 5.41) is 5.86. The van der Waals surface area contributed by atoms with Gasteiger partial charge in [-0.1, -0.05) is 49.0 Å². The molecule has 1 heterocycles. The van der Waals surface area contributed by atoms with Gasteiger partial charge in [0.05, 0.1) is 24.3 Å². The van der Waals surface area contributed by atoms with Gasteiger partial charge in [-0.05, 0) is 60.9 Å². The summed E-state index contributed by atoms with van der Waals surface area (Å²) in [6.07, 6.45) is -16.2. The summed E-state index contributed by atoms with van der Waals surface area (Å²) in [4.78, 5) is 35.1. The fraction of sp³-hybridized carbons (Fsp3) is 0.343. The number of hydrogen-bond acceptors (Lipinski definition) is 7. The summed E-state index contributed by atoms with van der Waals surface area (Å²) in [6.45, 7) is 0.705. The number of hydrogen-bond donors (Lipinski definition) is 1. The standard InChI is InChI=1S/C35H32F10N6O4S/c1-3-4-29(52)51(27-17-21(2)5-14-28(27)54-19-34(40,41)42)32(56-16-15-33(37,38)39)48-31(53)46-18-26(36)22-6-8-23(9-7-22)30-47-20-50(49-30)24-10-12-25(13-11-24)55-35(43,44)45/h5-14,17,20,26H,3-4,15-16,18-19H2,1-2H3,(H,46,53)/b48-32-. The van der Waals surface area contributed by atoms with Crippen LogP contribution in [-0.4, -0.2) is 69.5 Å². The number of carbonyl (C=O) groups excluding carboxylic acids is 2. The molecule has 0 aliphatic carbocycles. The van der Waals surface area contributed by atoms with Gasteiger partial charge in [-0.25, -0.2) is 18.9 Å². The van der Waals surface area contributed by atoms with E-state index in [0.29, 0.717) is 28.6 Å². The van der Waals surface area contributed by atoms with Crippen LogP contribution in [-0.2, 0) is 4.79 Å². The Balaban J connectivity index is 1.51. The van der Waals surface area contributed by atoms with Crippen LogP contribution in [0.4, 0.5) is 54.4 Å². The van der Waals surface area contributed by atoms with E-state index >= 15 is 4.39 Å². The molecule has 0 saturated carbocycles. The van der Waals surface area contributed by atoms with E-state index in [1.807, 2.05) is 0 Å². The zero-order valence-electron chi connectivity index (χ0n) is 29.3. The lowest BCUT2D eigenvalue weighted by atomic mass is 10.1. The van der Waals surface area contributed by atoms with Gasteiger partial charge in [0.25, 0.3) is 0 Å². The Morgan fingerprint density at radius 3 is 2.23 bits per heavy atom. The molecule has 3 aromatic carbocycles. The van der Waals surface area contributed by atoms with Crippen LogP contribution in [0.1, 0.15) is 43.5 Å². The molecule has 0 aliphatic heterocycles. The molecular weight excluding hydrogens is 790 g/mol. The quantitative estimate of drug-likeness (QED) is 0.0813. The van der Waals surface area contributed by atoms with Crippen LogP contribution in [0.3, 0.4) is 0 Å². The summed E-state index contributed by atoms with van der Waals surface area (Å²) >= 11 is 0.348. The second-order valence-corrected chi connectivity index (χ2v) is 12.9. The number of thioether (sulfide) groups is 1. The average Bonchev–Trinajstić information content (AvgIpc) is 3.60. The highest BCUT2D eigenvalue weighted by atomic mass is 32.2. The minimum absolute atomic E-state index is 0.0726. The predicted octanol–water partition coefficient (Wildman–Crippen LogP) is 9.68. The minimum atomic E-state index is -4.86. The number of carbonyl (C=O) groups is 2. The van der Waals surface area contributed by atoms with E-state index in [0.717, 1.165) is 23.1 Å². The van der Waals surface area contributed by atoms with Crippen molar-refractivity contribution in [3.05, 3.63) is 84.2 Å². The van der Waals surface area contributed by atoms with Gasteiger partial charge in [0.15, 0.2) is 17.6 Å². The Bertz CT molecular complexity index is 1970. The van der Waals surface area contributed by atoms with Crippen molar-refractivity contribution in [3.63, 3.8) is 0 Å². The molecule has 10 nitrogen and oxygen atoms in total. The van der Waals surface area contributed by atoms with E-state index in [-0.39, 0.29) is 29.9 Å². The smallest absolute Gasteiger partial charge is 0.482 e. The molecular formula is C35H32F10N6O4S. The van der Waals surface area contributed by atoms with Gasteiger partial charge in [-0.15, -0.1) is 18.3 Å². The van der Waals surface area contributed by atoms with E-state index in [2.05, 4.69) is 25.1 Å². The van der Waals surface area contributed by atoms with E-state index in [4.69, 9.17) is 4.74 Å². The Labute approximate surface area is 316 Å². The first kappa shape index (κ1) is 43.4. The van der Waals surface area contributed by atoms with Crippen molar-refractivity contribution in [2.45, 2.75) is 58.0 Å². The third kappa shape index (κ3) is 13.4. The van der Waals surface area contributed by atoms with Crippen molar-refractivity contribution < 1.29 is 63.0 Å². The number of benzene rings is 3. The van der Waals surface area contributed by atoms with Crippen molar-refractivity contribution in [3.8, 4) is 28.6 Å². The third-order valence-electron chi connectivity index (χ3n) is 7.25. The van der Waals surface area contributed by atoms with E-state index in [9.17, 15) is 49.1 Å². The van der Waals surface area contributed by atoms with Crippen molar-refractivity contribution in [1.82, 2.24) is 20.1 Å². The molecule has 21 heteroatoms. The molecule has 0 fully saturated rings. The Morgan fingerprint density at radius 1 is 0.946 bits per heavy atom. The zero-order chi connectivity index (χ0) is 41.3. The van der Waals surface area contributed by atoms with Crippen LogP contribution in [0.25, 0.3) is 17.1 Å². The molecule has 0 saturated heterocycles. The summed E-state index contributed by atoms with van der Waals surface area (Å²) in [5.74, 6) is -2.24. The number of anilines is 1. The second kappa shape index (κ2) is 18.5. The highest BCUT2D eigenvalue weighted by Crippen LogP contribution is 2.35. The van der Waals surface area contributed by atoms with E-state index < -0.39 is 78.8 Å². The highest BCUT2D eigenvalue weighted by Gasteiger charge is 2.33. The molecule has 1 unspecified atom stereocenters. The molecule has 4 rings (SSSR count). The van der Waals surface area contributed by atoms with E-state index in [1.165, 1.54) is 59.5 Å². The largest absolute Gasteiger partial charge is 0.573 e. The highest BCUT2D eigenvalue weighted by molar-refractivity contribution is 8.14. The topological polar surface area (TPSA) is 111 Å². The number of aromatic nitrogens is 3. The van der Waals surface area contributed by atoms with Gasteiger partial charge < -0.3 is 14.8 Å². The number of rotatable bonds is 13. The molecule has 302 valence electrons. The number of amidine groups is 1. The maximum absolute atomic E-state index is 15.3.